The normalized spacial score (nSPS) is 15.9. The van der Waals surface area contributed by atoms with Crippen LogP contribution in [0.4, 0.5) is 5.13 Å². The summed E-state index contributed by atoms with van der Waals surface area (Å²) in [4.78, 5) is 16.2. The van der Waals surface area contributed by atoms with E-state index in [4.69, 9.17) is 0 Å². The number of imidazole rings is 1. The minimum absolute atomic E-state index is 0.0701. The Morgan fingerprint density at radius 2 is 2.23 bits per heavy atom. The summed E-state index contributed by atoms with van der Waals surface area (Å²) in [6.07, 6.45) is 9.83. The number of hydrogen-bond donors (Lipinski definition) is 1. The van der Waals surface area contributed by atoms with Gasteiger partial charge < -0.3 is 4.57 Å². The summed E-state index contributed by atoms with van der Waals surface area (Å²) in [6.45, 7) is 0. The first kappa shape index (κ1) is 15.5. The number of nitrogens with zero attached hydrogens (tertiary/aromatic N) is 4. The van der Waals surface area contributed by atoms with Crippen LogP contribution in [-0.2, 0) is 11.8 Å². The molecule has 2 aromatic heterocycles. The van der Waals surface area contributed by atoms with Gasteiger partial charge in [0, 0.05) is 25.4 Å². The topological polar surface area (TPSA) is 72.7 Å². The molecule has 3 rings (SSSR count). The van der Waals surface area contributed by atoms with E-state index in [1.807, 2.05) is 17.8 Å². The van der Waals surface area contributed by atoms with Crippen LogP contribution in [-0.4, -0.2) is 31.4 Å². The van der Waals surface area contributed by atoms with Gasteiger partial charge in [-0.3, -0.25) is 10.1 Å². The highest BCUT2D eigenvalue weighted by Crippen LogP contribution is 2.35. The summed E-state index contributed by atoms with van der Waals surface area (Å²) in [5.74, 6) is 0.779. The summed E-state index contributed by atoms with van der Waals surface area (Å²) < 4.78 is 1.89. The molecule has 1 N–H and O–H groups in total. The molecule has 0 saturated heterocycles. The minimum Gasteiger partial charge on any atom is -0.329 e. The molecule has 0 atom stereocenters. The van der Waals surface area contributed by atoms with Gasteiger partial charge in [0.15, 0.2) is 5.16 Å². The zero-order chi connectivity index (χ0) is 15.4. The van der Waals surface area contributed by atoms with Crippen molar-refractivity contribution in [2.45, 2.75) is 43.2 Å². The molecule has 1 saturated carbocycles. The molecule has 2 heterocycles. The molecule has 1 aliphatic carbocycles. The second-order valence-corrected chi connectivity index (χ2v) is 7.39. The second kappa shape index (κ2) is 7.23. The lowest BCUT2D eigenvalue weighted by molar-refractivity contribution is -0.113. The van der Waals surface area contributed by atoms with Gasteiger partial charge in [0.2, 0.25) is 11.0 Å². The molecule has 2 aromatic rings. The van der Waals surface area contributed by atoms with Crippen LogP contribution in [0.15, 0.2) is 17.6 Å². The number of carbonyl (C=O) groups is 1. The fourth-order valence-electron chi connectivity index (χ4n) is 2.58. The van der Waals surface area contributed by atoms with Crippen LogP contribution >= 0.6 is 23.1 Å². The van der Waals surface area contributed by atoms with E-state index in [1.165, 1.54) is 55.2 Å². The van der Waals surface area contributed by atoms with Crippen LogP contribution in [0.2, 0.25) is 0 Å². The Morgan fingerprint density at radius 3 is 2.95 bits per heavy atom. The zero-order valence-corrected chi connectivity index (χ0v) is 14.1. The molecule has 1 aliphatic rings. The van der Waals surface area contributed by atoms with Gasteiger partial charge in [-0.2, -0.15) is 0 Å². The number of thioether (sulfide) groups is 1. The van der Waals surface area contributed by atoms with E-state index < -0.39 is 0 Å². The van der Waals surface area contributed by atoms with Crippen LogP contribution in [0.3, 0.4) is 0 Å². The molecular formula is C14H19N5OS2. The maximum absolute atomic E-state index is 12.0. The Kier molecular flexibility index (Phi) is 5.09. The van der Waals surface area contributed by atoms with Crippen molar-refractivity contribution >= 4 is 34.1 Å². The predicted molar refractivity (Wildman–Crippen MR) is 88.3 cm³/mol. The van der Waals surface area contributed by atoms with Gasteiger partial charge in [0.1, 0.15) is 5.01 Å². The van der Waals surface area contributed by atoms with Crippen molar-refractivity contribution in [2.75, 3.05) is 11.1 Å². The Hall–Kier alpha value is -1.41. The summed E-state index contributed by atoms with van der Waals surface area (Å²) in [5.41, 5.74) is 0. The average molecular weight is 337 g/mol. The van der Waals surface area contributed by atoms with E-state index in [0.717, 1.165) is 10.2 Å². The van der Waals surface area contributed by atoms with Crippen molar-refractivity contribution in [2.24, 2.45) is 7.05 Å². The molecule has 6 nitrogen and oxygen atoms in total. The maximum atomic E-state index is 12.0. The van der Waals surface area contributed by atoms with E-state index in [9.17, 15) is 4.79 Å². The summed E-state index contributed by atoms with van der Waals surface area (Å²) in [7, 11) is 1.91. The van der Waals surface area contributed by atoms with Gasteiger partial charge in [-0.15, -0.1) is 10.2 Å². The van der Waals surface area contributed by atoms with Gasteiger partial charge in [-0.05, 0) is 12.8 Å². The number of aryl methyl sites for hydroxylation is 1. The van der Waals surface area contributed by atoms with Crippen LogP contribution in [0.5, 0.6) is 0 Å². The minimum atomic E-state index is -0.0701. The van der Waals surface area contributed by atoms with Crippen molar-refractivity contribution in [3.8, 4) is 0 Å². The Labute approximate surface area is 137 Å². The van der Waals surface area contributed by atoms with Gasteiger partial charge in [-0.1, -0.05) is 42.4 Å². The molecule has 0 bridgehead atoms. The SMILES string of the molecule is Cn1ccnc1SCC(=O)Nc1nnc(C2CCCCC2)s1. The lowest BCUT2D eigenvalue weighted by Crippen LogP contribution is -2.14. The highest BCUT2D eigenvalue weighted by atomic mass is 32.2. The van der Waals surface area contributed by atoms with Gasteiger partial charge in [-0.25, -0.2) is 4.98 Å². The van der Waals surface area contributed by atoms with Crippen LogP contribution in [0.1, 0.15) is 43.0 Å². The van der Waals surface area contributed by atoms with Crippen molar-refractivity contribution in [1.82, 2.24) is 19.7 Å². The Morgan fingerprint density at radius 1 is 1.41 bits per heavy atom. The number of carbonyl (C=O) groups excluding carboxylic acids is 1. The van der Waals surface area contributed by atoms with Crippen molar-refractivity contribution in [3.63, 3.8) is 0 Å². The number of nitrogens with one attached hydrogen (secondary N) is 1. The highest BCUT2D eigenvalue weighted by molar-refractivity contribution is 7.99. The van der Waals surface area contributed by atoms with E-state index in [2.05, 4.69) is 20.5 Å². The lowest BCUT2D eigenvalue weighted by atomic mass is 9.90. The standard InChI is InChI=1S/C14H19N5OS2/c1-19-8-7-15-14(19)21-9-11(20)16-13-18-17-12(22-13)10-5-3-2-4-6-10/h7-8,10H,2-6,9H2,1H3,(H,16,18,20). The third kappa shape index (κ3) is 3.86. The van der Waals surface area contributed by atoms with E-state index in [0.29, 0.717) is 16.8 Å². The smallest absolute Gasteiger partial charge is 0.236 e. The largest absolute Gasteiger partial charge is 0.329 e. The van der Waals surface area contributed by atoms with E-state index in [1.54, 1.807) is 6.20 Å². The van der Waals surface area contributed by atoms with Crippen molar-refractivity contribution in [1.29, 1.82) is 0 Å². The van der Waals surface area contributed by atoms with E-state index in [-0.39, 0.29) is 5.91 Å². The number of anilines is 1. The fraction of sp³-hybridized carbons (Fsp3) is 0.571. The molecule has 1 fully saturated rings. The number of amides is 1. The van der Waals surface area contributed by atoms with Gasteiger partial charge in [0.05, 0.1) is 5.75 Å². The van der Waals surface area contributed by atoms with Crippen molar-refractivity contribution < 1.29 is 4.79 Å². The lowest BCUT2D eigenvalue weighted by Gasteiger charge is -2.18. The van der Waals surface area contributed by atoms with Crippen LogP contribution in [0, 0.1) is 0 Å². The quantitative estimate of drug-likeness (QED) is 0.849. The molecule has 0 aliphatic heterocycles. The number of rotatable bonds is 5. The van der Waals surface area contributed by atoms with Gasteiger partial charge in [0.25, 0.3) is 0 Å². The molecule has 8 heteroatoms. The zero-order valence-electron chi connectivity index (χ0n) is 12.5. The predicted octanol–water partition coefficient (Wildman–Crippen LogP) is 3.05. The number of hydrogen-bond acceptors (Lipinski definition) is 6. The summed E-state index contributed by atoms with van der Waals surface area (Å²) in [6, 6.07) is 0. The first-order valence-electron chi connectivity index (χ1n) is 7.46. The molecule has 22 heavy (non-hydrogen) atoms. The second-order valence-electron chi connectivity index (χ2n) is 5.44. The molecule has 0 spiro atoms. The third-order valence-electron chi connectivity index (χ3n) is 3.75. The Balaban J connectivity index is 1.51. The van der Waals surface area contributed by atoms with Crippen molar-refractivity contribution in [3.05, 3.63) is 17.4 Å². The molecular weight excluding hydrogens is 318 g/mol. The highest BCUT2D eigenvalue weighted by Gasteiger charge is 2.20. The first-order valence-corrected chi connectivity index (χ1v) is 9.26. The van der Waals surface area contributed by atoms with Crippen LogP contribution < -0.4 is 5.32 Å². The Bertz CT molecular complexity index is 633. The molecule has 0 aromatic carbocycles. The molecule has 0 radical (unpaired) electrons. The third-order valence-corrected chi connectivity index (χ3v) is 5.81. The summed E-state index contributed by atoms with van der Waals surface area (Å²) >= 11 is 2.92. The van der Waals surface area contributed by atoms with Gasteiger partial charge >= 0.3 is 0 Å². The first-order chi connectivity index (χ1) is 10.7. The van der Waals surface area contributed by atoms with E-state index >= 15 is 0 Å². The average Bonchev–Trinajstić information content (AvgIpc) is 3.15. The molecule has 1 amide bonds. The molecule has 118 valence electrons. The summed E-state index contributed by atoms with van der Waals surface area (Å²) in [5, 5.41) is 13.7. The maximum Gasteiger partial charge on any atom is 0.236 e. The molecule has 0 unspecified atom stereocenters. The van der Waals surface area contributed by atoms with Crippen LogP contribution in [0.25, 0.3) is 0 Å². The number of aromatic nitrogens is 4. The monoisotopic (exact) mass is 337 g/mol. The fourth-order valence-corrected chi connectivity index (χ4v) is 4.24.